The van der Waals surface area contributed by atoms with Gasteiger partial charge in [0.05, 0.1) is 5.69 Å². The molecule has 7 heteroatoms. The van der Waals surface area contributed by atoms with Crippen molar-refractivity contribution in [2.24, 2.45) is 10.9 Å². The monoisotopic (exact) mass is 501 g/mol. The summed E-state index contributed by atoms with van der Waals surface area (Å²) in [7, 11) is 1.88. The number of para-hydroxylation sites is 2. The molecule has 2 aliphatic rings. The number of likely N-dealkylation sites (tertiary alicyclic amines) is 1. The Hall–Kier alpha value is -1.22. The fraction of sp³-hybridized carbons (Fsp3) is 0.667. The molecular formula is C21H36IN5O. The van der Waals surface area contributed by atoms with E-state index in [1.807, 2.05) is 25.2 Å². The number of nitrogens with one attached hydrogen (secondary N) is 1. The number of hydrogen-bond acceptors (Lipinski definition) is 4. The first-order chi connectivity index (χ1) is 13.2. The van der Waals surface area contributed by atoms with Crippen molar-refractivity contribution < 1.29 is 5.11 Å². The van der Waals surface area contributed by atoms with Crippen LogP contribution >= 0.6 is 24.0 Å². The quantitative estimate of drug-likeness (QED) is 0.369. The highest BCUT2D eigenvalue weighted by atomic mass is 127. The molecule has 1 aromatic rings. The van der Waals surface area contributed by atoms with Crippen molar-refractivity contribution in [1.29, 1.82) is 0 Å². The van der Waals surface area contributed by atoms with E-state index in [2.05, 4.69) is 31.9 Å². The minimum atomic E-state index is 0. The van der Waals surface area contributed by atoms with Crippen molar-refractivity contribution in [2.75, 3.05) is 64.3 Å². The highest BCUT2D eigenvalue weighted by Gasteiger charge is 2.23. The maximum atomic E-state index is 10.1. The van der Waals surface area contributed by atoms with Crippen molar-refractivity contribution in [3.8, 4) is 5.75 Å². The van der Waals surface area contributed by atoms with Crippen molar-refractivity contribution in [2.45, 2.75) is 26.2 Å². The molecule has 0 bridgehead atoms. The maximum absolute atomic E-state index is 10.1. The van der Waals surface area contributed by atoms with E-state index in [1.165, 1.54) is 38.9 Å². The fourth-order valence-electron chi connectivity index (χ4n) is 4.19. The van der Waals surface area contributed by atoms with Crippen LogP contribution in [-0.2, 0) is 0 Å². The van der Waals surface area contributed by atoms with Crippen LogP contribution in [-0.4, -0.2) is 80.3 Å². The predicted molar refractivity (Wildman–Crippen MR) is 128 cm³/mol. The minimum Gasteiger partial charge on any atom is -0.506 e. The Labute approximate surface area is 187 Å². The van der Waals surface area contributed by atoms with Gasteiger partial charge in [-0.3, -0.25) is 4.99 Å². The Bertz CT molecular complexity index is 611. The van der Waals surface area contributed by atoms with E-state index in [1.54, 1.807) is 6.07 Å². The number of benzene rings is 1. The Morgan fingerprint density at radius 1 is 1.11 bits per heavy atom. The van der Waals surface area contributed by atoms with Crippen LogP contribution in [0.3, 0.4) is 0 Å². The molecule has 6 nitrogen and oxygen atoms in total. The normalized spacial score (nSPS) is 19.4. The average molecular weight is 501 g/mol. The van der Waals surface area contributed by atoms with Crippen LogP contribution in [0, 0.1) is 5.92 Å². The lowest BCUT2D eigenvalue weighted by Crippen LogP contribution is -2.53. The van der Waals surface area contributed by atoms with Crippen LogP contribution in [0.25, 0.3) is 0 Å². The first kappa shape index (κ1) is 23.1. The number of phenolic OH excluding ortho intramolecular Hbond substituents is 1. The lowest BCUT2D eigenvalue weighted by Gasteiger charge is -2.38. The van der Waals surface area contributed by atoms with Crippen LogP contribution in [0.1, 0.15) is 26.2 Å². The van der Waals surface area contributed by atoms with Gasteiger partial charge in [0.25, 0.3) is 0 Å². The topological polar surface area (TPSA) is 54.3 Å². The zero-order valence-electron chi connectivity index (χ0n) is 17.3. The number of halogens is 1. The first-order valence-corrected chi connectivity index (χ1v) is 10.4. The van der Waals surface area contributed by atoms with E-state index < -0.39 is 0 Å². The highest BCUT2D eigenvalue weighted by molar-refractivity contribution is 14.0. The Morgan fingerprint density at radius 3 is 2.39 bits per heavy atom. The molecule has 0 spiro atoms. The third-order valence-electron chi connectivity index (χ3n) is 5.81. The number of piperidine rings is 1. The summed E-state index contributed by atoms with van der Waals surface area (Å²) in [4.78, 5) is 11.7. The van der Waals surface area contributed by atoms with E-state index in [0.717, 1.165) is 50.3 Å². The van der Waals surface area contributed by atoms with Crippen molar-refractivity contribution in [3.63, 3.8) is 0 Å². The van der Waals surface area contributed by atoms with Gasteiger partial charge in [-0.2, -0.15) is 0 Å². The van der Waals surface area contributed by atoms with Gasteiger partial charge in [-0.05, 0) is 56.9 Å². The minimum absolute atomic E-state index is 0. The number of piperazine rings is 1. The van der Waals surface area contributed by atoms with Gasteiger partial charge in [-0.25, -0.2) is 0 Å². The molecule has 2 aliphatic heterocycles. The average Bonchev–Trinajstić information content (AvgIpc) is 2.71. The smallest absolute Gasteiger partial charge is 0.193 e. The van der Waals surface area contributed by atoms with Crippen LogP contribution in [0.2, 0.25) is 0 Å². The van der Waals surface area contributed by atoms with Gasteiger partial charge in [-0.1, -0.05) is 19.1 Å². The predicted octanol–water partition coefficient (Wildman–Crippen LogP) is 2.83. The maximum Gasteiger partial charge on any atom is 0.193 e. The number of nitrogens with zero attached hydrogens (tertiary/aromatic N) is 4. The highest BCUT2D eigenvalue weighted by Crippen LogP contribution is 2.27. The third-order valence-corrected chi connectivity index (χ3v) is 5.81. The number of anilines is 1. The lowest BCUT2D eigenvalue weighted by atomic mass is 9.97. The van der Waals surface area contributed by atoms with E-state index in [4.69, 9.17) is 0 Å². The molecule has 2 fully saturated rings. The van der Waals surface area contributed by atoms with Gasteiger partial charge in [0.2, 0.25) is 0 Å². The summed E-state index contributed by atoms with van der Waals surface area (Å²) < 4.78 is 0. The van der Waals surface area contributed by atoms with E-state index in [0.29, 0.717) is 5.75 Å². The summed E-state index contributed by atoms with van der Waals surface area (Å²) in [5, 5.41) is 13.7. The van der Waals surface area contributed by atoms with Crippen LogP contribution in [0.5, 0.6) is 5.75 Å². The Balaban J connectivity index is 0.00000280. The summed E-state index contributed by atoms with van der Waals surface area (Å²) in [6, 6.07) is 7.60. The summed E-state index contributed by atoms with van der Waals surface area (Å²) >= 11 is 0. The third kappa shape index (κ3) is 6.14. The fourth-order valence-corrected chi connectivity index (χ4v) is 4.19. The van der Waals surface area contributed by atoms with Crippen molar-refractivity contribution in [3.05, 3.63) is 24.3 Å². The molecule has 0 unspecified atom stereocenters. The molecule has 0 aromatic heterocycles. The van der Waals surface area contributed by atoms with Crippen LogP contribution in [0.4, 0.5) is 5.69 Å². The summed E-state index contributed by atoms with van der Waals surface area (Å²) in [5.74, 6) is 2.13. The number of phenols is 1. The van der Waals surface area contributed by atoms with E-state index >= 15 is 0 Å². The van der Waals surface area contributed by atoms with Gasteiger partial charge in [0.15, 0.2) is 5.96 Å². The first-order valence-electron chi connectivity index (χ1n) is 10.4. The number of guanidine groups is 1. The Kier molecular flexibility index (Phi) is 9.64. The number of rotatable bonds is 5. The Morgan fingerprint density at radius 2 is 1.79 bits per heavy atom. The lowest BCUT2D eigenvalue weighted by molar-refractivity contribution is 0.184. The molecule has 2 N–H and O–H groups in total. The second-order valence-electron chi connectivity index (χ2n) is 7.68. The number of aliphatic imine (C=N–C) groups is 1. The molecule has 0 aliphatic carbocycles. The van der Waals surface area contributed by atoms with Crippen LogP contribution < -0.4 is 10.2 Å². The second-order valence-corrected chi connectivity index (χ2v) is 7.68. The number of hydrogen-bond donors (Lipinski definition) is 2. The van der Waals surface area contributed by atoms with Gasteiger partial charge in [-0.15, -0.1) is 24.0 Å². The zero-order valence-corrected chi connectivity index (χ0v) is 19.6. The molecule has 1 aromatic carbocycles. The molecule has 28 heavy (non-hydrogen) atoms. The SMILES string of the molecule is CCCN1CCC(CNC(=NC)N2CCN(c3ccccc3O)CC2)CC1.I. The van der Waals surface area contributed by atoms with Gasteiger partial charge < -0.3 is 25.1 Å². The molecule has 0 radical (unpaired) electrons. The largest absolute Gasteiger partial charge is 0.506 e. The van der Waals surface area contributed by atoms with Crippen LogP contribution in [0.15, 0.2) is 29.3 Å². The van der Waals surface area contributed by atoms with Crippen molar-refractivity contribution >= 4 is 35.6 Å². The van der Waals surface area contributed by atoms with Gasteiger partial charge in [0, 0.05) is 39.8 Å². The number of aromatic hydroxyl groups is 1. The standard InChI is InChI=1S/C21H35N5O.HI/c1-3-10-24-11-8-18(9-12-24)17-23-21(22-2)26-15-13-25(14-16-26)19-6-4-5-7-20(19)27;/h4-7,18,27H,3,8-17H2,1-2H3,(H,22,23);1H. The van der Waals surface area contributed by atoms with Crippen molar-refractivity contribution in [1.82, 2.24) is 15.1 Å². The van der Waals surface area contributed by atoms with Gasteiger partial charge >= 0.3 is 0 Å². The molecule has 2 saturated heterocycles. The molecular weight excluding hydrogens is 465 g/mol. The molecule has 3 rings (SSSR count). The van der Waals surface area contributed by atoms with E-state index in [9.17, 15) is 5.11 Å². The summed E-state index contributed by atoms with van der Waals surface area (Å²) in [5.41, 5.74) is 0.930. The van der Waals surface area contributed by atoms with Gasteiger partial charge in [0.1, 0.15) is 5.75 Å². The molecule has 0 amide bonds. The second kappa shape index (κ2) is 11.7. The molecule has 0 saturated carbocycles. The summed E-state index contributed by atoms with van der Waals surface area (Å²) in [6.07, 6.45) is 3.82. The van der Waals surface area contributed by atoms with E-state index in [-0.39, 0.29) is 24.0 Å². The zero-order chi connectivity index (χ0) is 19.1. The molecule has 2 heterocycles. The molecule has 158 valence electrons. The molecule has 0 atom stereocenters. The summed E-state index contributed by atoms with van der Waals surface area (Å²) in [6.45, 7) is 10.6.